The monoisotopic (exact) mass is 272 g/mol. The fourth-order valence-corrected chi connectivity index (χ4v) is 4.20. The summed E-state index contributed by atoms with van der Waals surface area (Å²) in [7, 11) is 2.10. The first-order valence-corrected chi connectivity index (χ1v) is 7.28. The minimum Gasteiger partial charge on any atom is -0.396 e. The van der Waals surface area contributed by atoms with Crippen molar-refractivity contribution in [2.75, 3.05) is 20.2 Å². The van der Waals surface area contributed by atoms with Gasteiger partial charge in [0.2, 0.25) is 0 Å². The molecule has 20 heavy (non-hydrogen) atoms. The lowest BCUT2D eigenvalue weighted by molar-refractivity contribution is -0.0374. The first kappa shape index (κ1) is 12.4. The maximum absolute atomic E-state index is 10.7. The number of likely N-dealkylation sites (tertiary alicyclic amines) is 1. The lowest BCUT2D eigenvalue weighted by Gasteiger charge is -2.48. The average molecular weight is 272 g/mol. The highest BCUT2D eigenvalue weighted by Crippen LogP contribution is 2.44. The van der Waals surface area contributed by atoms with E-state index in [1.165, 1.54) is 16.5 Å². The lowest BCUT2D eigenvalue weighted by Crippen LogP contribution is -2.55. The molecule has 2 heterocycles. The van der Waals surface area contributed by atoms with Crippen LogP contribution in [0.25, 0.3) is 10.9 Å². The molecule has 106 valence electrons. The molecule has 4 atom stereocenters. The molecule has 1 fully saturated rings. The molecule has 0 radical (unpaired) electrons. The van der Waals surface area contributed by atoms with Gasteiger partial charge in [-0.25, -0.2) is 0 Å². The molecule has 1 aliphatic carbocycles. The Morgan fingerprint density at radius 3 is 3.05 bits per heavy atom. The summed E-state index contributed by atoms with van der Waals surface area (Å²) in [5, 5.41) is 21.5. The van der Waals surface area contributed by atoms with Crippen LogP contribution in [0.4, 0.5) is 0 Å². The summed E-state index contributed by atoms with van der Waals surface area (Å²) >= 11 is 0. The van der Waals surface area contributed by atoms with E-state index in [2.05, 4.69) is 41.3 Å². The first-order chi connectivity index (χ1) is 9.70. The molecule has 1 saturated heterocycles. The third-order valence-corrected chi connectivity index (χ3v) is 5.20. The average Bonchev–Trinajstić information content (AvgIpc) is 2.87. The van der Waals surface area contributed by atoms with Crippen molar-refractivity contribution >= 4 is 10.9 Å². The van der Waals surface area contributed by atoms with E-state index >= 15 is 0 Å². The number of piperidine rings is 1. The predicted molar refractivity (Wildman–Crippen MR) is 77.7 cm³/mol. The second-order valence-electron chi connectivity index (χ2n) is 6.25. The molecule has 3 N–H and O–H groups in total. The van der Waals surface area contributed by atoms with Crippen LogP contribution in [0.15, 0.2) is 24.4 Å². The number of likely N-dealkylation sites (N-methyl/N-ethyl adjacent to an activating group) is 1. The van der Waals surface area contributed by atoms with Crippen molar-refractivity contribution in [1.82, 2.24) is 9.88 Å². The molecule has 0 spiro atoms. The molecule has 1 aliphatic heterocycles. The quantitative estimate of drug-likeness (QED) is 0.728. The summed E-state index contributed by atoms with van der Waals surface area (Å²) in [4.78, 5) is 5.63. The smallest absolute Gasteiger partial charge is 0.0686 e. The highest BCUT2D eigenvalue weighted by Gasteiger charge is 2.44. The van der Waals surface area contributed by atoms with Gasteiger partial charge < -0.3 is 20.1 Å². The highest BCUT2D eigenvalue weighted by atomic mass is 16.3. The molecular weight excluding hydrogens is 252 g/mol. The highest BCUT2D eigenvalue weighted by molar-refractivity contribution is 5.88. The van der Waals surface area contributed by atoms with Crippen LogP contribution in [0.1, 0.15) is 17.0 Å². The number of aromatic amines is 1. The molecule has 0 bridgehead atoms. The molecule has 1 aromatic heterocycles. The predicted octanol–water partition coefficient (Wildman–Crippen LogP) is 1.09. The van der Waals surface area contributed by atoms with Gasteiger partial charge in [-0.05, 0) is 30.7 Å². The van der Waals surface area contributed by atoms with Gasteiger partial charge in [0, 0.05) is 48.1 Å². The zero-order chi connectivity index (χ0) is 13.9. The Morgan fingerprint density at radius 1 is 1.40 bits per heavy atom. The molecule has 0 unspecified atom stereocenters. The SMILES string of the molecule is CN1C[C@H](CO)[C@@H](O)[C@@H]2c3cccc4[nH]cc(c34)C[C@H]21. The normalized spacial score (nSPS) is 33.4. The largest absolute Gasteiger partial charge is 0.396 e. The molecule has 0 saturated carbocycles. The van der Waals surface area contributed by atoms with Gasteiger partial charge in [-0.3, -0.25) is 0 Å². The molecular formula is C16H20N2O2. The molecule has 4 rings (SSSR count). The van der Waals surface area contributed by atoms with Crippen molar-refractivity contribution in [2.24, 2.45) is 5.92 Å². The third-order valence-electron chi connectivity index (χ3n) is 5.20. The number of nitrogens with one attached hydrogen (secondary N) is 1. The van der Waals surface area contributed by atoms with Crippen molar-refractivity contribution in [3.05, 3.63) is 35.5 Å². The first-order valence-electron chi connectivity index (χ1n) is 7.28. The van der Waals surface area contributed by atoms with Crippen molar-refractivity contribution in [3.8, 4) is 0 Å². The zero-order valence-electron chi connectivity index (χ0n) is 11.6. The molecule has 1 aromatic carbocycles. The number of rotatable bonds is 1. The van der Waals surface area contributed by atoms with Gasteiger partial charge >= 0.3 is 0 Å². The van der Waals surface area contributed by atoms with Crippen molar-refractivity contribution < 1.29 is 10.2 Å². The van der Waals surface area contributed by atoms with Crippen LogP contribution < -0.4 is 0 Å². The second-order valence-corrected chi connectivity index (χ2v) is 6.25. The number of nitrogens with zero attached hydrogens (tertiary/aromatic N) is 1. The summed E-state index contributed by atoms with van der Waals surface area (Å²) in [5.74, 6) is 0.0369. The van der Waals surface area contributed by atoms with Gasteiger partial charge in [-0.15, -0.1) is 0 Å². The zero-order valence-corrected chi connectivity index (χ0v) is 11.6. The van der Waals surface area contributed by atoms with Crippen LogP contribution in [0.3, 0.4) is 0 Å². The van der Waals surface area contributed by atoms with E-state index in [4.69, 9.17) is 0 Å². The van der Waals surface area contributed by atoms with Crippen molar-refractivity contribution in [1.29, 1.82) is 0 Å². The fourth-order valence-electron chi connectivity index (χ4n) is 4.20. The van der Waals surface area contributed by atoms with Crippen LogP contribution in [-0.4, -0.2) is 52.4 Å². The summed E-state index contributed by atoms with van der Waals surface area (Å²) < 4.78 is 0. The number of fused-ring (bicyclic) bond motifs is 2. The minimum absolute atomic E-state index is 0.0463. The number of aliphatic hydroxyl groups is 2. The number of aromatic nitrogens is 1. The second kappa shape index (κ2) is 4.32. The van der Waals surface area contributed by atoms with Crippen LogP contribution >= 0.6 is 0 Å². The molecule has 2 aromatic rings. The van der Waals surface area contributed by atoms with Gasteiger partial charge in [-0.2, -0.15) is 0 Å². The van der Waals surface area contributed by atoms with E-state index in [-0.39, 0.29) is 18.4 Å². The molecule has 4 heteroatoms. The molecule has 0 amide bonds. The Kier molecular flexibility index (Phi) is 2.67. The van der Waals surface area contributed by atoms with Crippen LogP contribution in [0.2, 0.25) is 0 Å². The van der Waals surface area contributed by atoms with E-state index in [1.54, 1.807) is 0 Å². The van der Waals surface area contributed by atoms with Gasteiger partial charge in [0.05, 0.1) is 6.10 Å². The van der Waals surface area contributed by atoms with E-state index in [9.17, 15) is 10.2 Å². The summed E-state index contributed by atoms with van der Waals surface area (Å²) in [6.45, 7) is 0.805. The van der Waals surface area contributed by atoms with Gasteiger partial charge in [0.1, 0.15) is 0 Å². The Labute approximate surface area is 118 Å². The maximum atomic E-state index is 10.7. The molecule has 4 nitrogen and oxygen atoms in total. The number of H-pyrrole nitrogens is 1. The van der Waals surface area contributed by atoms with E-state index in [0.29, 0.717) is 6.04 Å². The summed E-state index contributed by atoms with van der Waals surface area (Å²) in [5.41, 5.74) is 3.72. The van der Waals surface area contributed by atoms with Gasteiger partial charge in [0.25, 0.3) is 0 Å². The number of benzene rings is 1. The van der Waals surface area contributed by atoms with Crippen molar-refractivity contribution in [3.63, 3.8) is 0 Å². The molecule has 2 aliphatic rings. The van der Waals surface area contributed by atoms with Crippen LogP contribution in [0.5, 0.6) is 0 Å². The Hall–Kier alpha value is -1.36. The number of aliphatic hydroxyl groups excluding tert-OH is 2. The maximum Gasteiger partial charge on any atom is 0.0686 e. The number of hydrogen-bond acceptors (Lipinski definition) is 3. The topological polar surface area (TPSA) is 59.5 Å². The number of hydrogen-bond donors (Lipinski definition) is 3. The summed E-state index contributed by atoms with van der Waals surface area (Å²) in [6.07, 6.45) is 2.60. The lowest BCUT2D eigenvalue weighted by atomic mass is 9.71. The van der Waals surface area contributed by atoms with Crippen molar-refractivity contribution in [2.45, 2.75) is 24.5 Å². The third kappa shape index (κ3) is 1.53. The minimum atomic E-state index is -0.463. The Morgan fingerprint density at radius 2 is 2.25 bits per heavy atom. The van der Waals surface area contributed by atoms with E-state index in [1.807, 2.05) is 0 Å². The van der Waals surface area contributed by atoms with Crippen LogP contribution in [0, 0.1) is 5.92 Å². The summed E-state index contributed by atoms with van der Waals surface area (Å²) in [6, 6.07) is 6.59. The Bertz CT molecular complexity index is 651. The Balaban J connectivity index is 1.90. The van der Waals surface area contributed by atoms with E-state index in [0.717, 1.165) is 18.5 Å². The fraction of sp³-hybridized carbons (Fsp3) is 0.500. The van der Waals surface area contributed by atoms with Crippen LogP contribution in [-0.2, 0) is 6.42 Å². The van der Waals surface area contributed by atoms with E-state index < -0.39 is 6.10 Å². The standard InChI is InChI=1S/C16H20N2O2/c1-18-7-10(8-19)16(20)15-11-3-2-4-12-14(11)9(6-17-12)5-13(15)18/h2-4,6,10,13,15-17,19-20H,5,7-8H2,1H3/t10-,13-,15-,16-/m1/s1. The van der Waals surface area contributed by atoms with Gasteiger partial charge in [-0.1, -0.05) is 12.1 Å². The van der Waals surface area contributed by atoms with Gasteiger partial charge in [0.15, 0.2) is 0 Å².